The molecule has 0 radical (unpaired) electrons. The summed E-state index contributed by atoms with van der Waals surface area (Å²) in [6, 6.07) is 4.08. The Morgan fingerprint density at radius 2 is 2.21 bits per heavy atom. The fraction of sp³-hybridized carbons (Fsp3) is 0.538. The third kappa shape index (κ3) is 4.09. The summed E-state index contributed by atoms with van der Waals surface area (Å²) in [6.07, 6.45) is 1.48. The summed E-state index contributed by atoms with van der Waals surface area (Å²) in [6.45, 7) is 6.93. The van der Waals surface area contributed by atoms with Gasteiger partial charge in [0.25, 0.3) is 0 Å². The topological polar surface area (TPSA) is 54.5 Å². The second-order valence-corrected chi connectivity index (χ2v) is 6.41. The third-order valence-electron chi connectivity index (χ3n) is 2.63. The molecular weight excluding hydrogens is 310 g/mol. The van der Waals surface area contributed by atoms with E-state index in [9.17, 15) is 4.79 Å². The number of hydrogen-bond donors (Lipinski definition) is 1. The number of nitrogens with zero attached hydrogens (tertiary/aromatic N) is 2. The second kappa shape index (κ2) is 5.36. The number of aromatic nitrogens is 1. The largest absolute Gasteiger partial charge is 0.444 e. The highest BCUT2D eigenvalue weighted by atomic mass is 79.9. The summed E-state index contributed by atoms with van der Waals surface area (Å²) >= 11 is 3.32. The minimum atomic E-state index is -0.439. The Hall–Kier alpha value is -1.30. The van der Waals surface area contributed by atoms with Crippen LogP contribution in [0, 0.1) is 0 Å². The molecular formula is C13H18BrN3O2. The van der Waals surface area contributed by atoms with Gasteiger partial charge in [-0.25, -0.2) is 9.78 Å². The molecule has 5 nitrogen and oxygen atoms in total. The maximum absolute atomic E-state index is 11.8. The molecule has 2 rings (SSSR count). The molecule has 1 aliphatic heterocycles. The molecule has 0 aliphatic carbocycles. The average Bonchev–Trinajstić information content (AvgIpc) is 2.20. The number of carbonyl (C=O) groups excluding carboxylic acids is 1. The Bertz CT molecular complexity index is 467. The summed E-state index contributed by atoms with van der Waals surface area (Å²) in [7, 11) is 0. The maximum atomic E-state index is 11.8. The van der Waals surface area contributed by atoms with Gasteiger partial charge in [-0.3, -0.25) is 0 Å². The lowest BCUT2D eigenvalue weighted by molar-refractivity contribution is 0.0105. The van der Waals surface area contributed by atoms with E-state index in [1.54, 1.807) is 11.1 Å². The molecule has 1 aromatic heterocycles. The number of nitrogens with one attached hydrogen (secondary N) is 1. The van der Waals surface area contributed by atoms with Crippen molar-refractivity contribution in [3.8, 4) is 0 Å². The van der Waals surface area contributed by atoms with Gasteiger partial charge in [0.1, 0.15) is 10.2 Å². The van der Waals surface area contributed by atoms with Gasteiger partial charge in [0.05, 0.1) is 6.04 Å². The van der Waals surface area contributed by atoms with E-state index in [-0.39, 0.29) is 12.1 Å². The number of ether oxygens (including phenoxy) is 1. The van der Waals surface area contributed by atoms with Gasteiger partial charge in [-0.05, 0) is 48.8 Å². The number of pyridine rings is 1. The van der Waals surface area contributed by atoms with Gasteiger partial charge in [-0.15, -0.1) is 0 Å². The van der Waals surface area contributed by atoms with Crippen LogP contribution < -0.4 is 5.32 Å². The molecule has 0 unspecified atom stereocenters. The molecule has 0 aromatic carbocycles. The average molecular weight is 328 g/mol. The number of hydrogen-bond acceptors (Lipinski definition) is 4. The van der Waals surface area contributed by atoms with E-state index < -0.39 is 5.60 Å². The lowest BCUT2D eigenvalue weighted by Gasteiger charge is -2.40. The number of rotatable bonds is 2. The Labute approximate surface area is 121 Å². The Morgan fingerprint density at radius 3 is 2.79 bits per heavy atom. The minimum Gasteiger partial charge on any atom is -0.444 e. The second-order valence-electron chi connectivity index (χ2n) is 5.59. The van der Waals surface area contributed by atoms with E-state index in [1.807, 2.05) is 32.9 Å². The van der Waals surface area contributed by atoms with Gasteiger partial charge in [0.2, 0.25) is 0 Å². The molecule has 1 aromatic rings. The van der Waals surface area contributed by atoms with Gasteiger partial charge in [-0.2, -0.15) is 0 Å². The number of carbonyl (C=O) groups is 1. The predicted molar refractivity (Wildman–Crippen MR) is 77.2 cm³/mol. The molecule has 1 aliphatic rings. The normalized spacial score (nSPS) is 15.9. The van der Waals surface area contributed by atoms with Gasteiger partial charge >= 0.3 is 6.09 Å². The van der Waals surface area contributed by atoms with Gasteiger partial charge < -0.3 is 15.0 Å². The lowest BCUT2D eigenvalue weighted by atomic mass is 10.1. The zero-order valence-electron chi connectivity index (χ0n) is 11.3. The molecule has 2 heterocycles. The van der Waals surface area contributed by atoms with Crippen molar-refractivity contribution in [2.24, 2.45) is 0 Å². The monoisotopic (exact) mass is 327 g/mol. The SMILES string of the molecule is CC(C)(C)OC(=O)N1CC(Nc2ccnc(Br)c2)C1. The van der Waals surface area contributed by atoms with Crippen LogP contribution in [0.1, 0.15) is 20.8 Å². The van der Waals surface area contributed by atoms with E-state index in [1.165, 1.54) is 0 Å². The number of amides is 1. The van der Waals surface area contributed by atoms with Crippen LogP contribution in [0.15, 0.2) is 22.9 Å². The molecule has 1 saturated heterocycles. The molecule has 0 saturated carbocycles. The van der Waals surface area contributed by atoms with Crippen molar-refractivity contribution in [1.82, 2.24) is 9.88 Å². The fourth-order valence-electron chi connectivity index (χ4n) is 1.77. The molecule has 1 fully saturated rings. The highest BCUT2D eigenvalue weighted by molar-refractivity contribution is 9.10. The van der Waals surface area contributed by atoms with Crippen molar-refractivity contribution in [3.63, 3.8) is 0 Å². The van der Waals surface area contributed by atoms with Crippen LogP contribution in [-0.2, 0) is 4.74 Å². The highest BCUT2D eigenvalue weighted by Gasteiger charge is 2.33. The predicted octanol–water partition coefficient (Wildman–Crippen LogP) is 2.88. The van der Waals surface area contributed by atoms with Gasteiger partial charge in [0, 0.05) is 25.0 Å². The molecule has 104 valence electrons. The molecule has 1 N–H and O–H groups in total. The van der Waals surface area contributed by atoms with Crippen LogP contribution in [0.3, 0.4) is 0 Å². The van der Waals surface area contributed by atoms with Gasteiger partial charge in [-0.1, -0.05) is 0 Å². The van der Waals surface area contributed by atoms with Crippen LogP contribution in [0.4, 0.5) is 10.5 Å². The standard InChI is InChI=1S/C13H18BrN3O2/c1-13(2,3)19-12(18)17-7-10(8-17)16-9-4-5-15-11(14)6-9/h4-6,10H,7-8H2,1-3H3,(H,15,16). The number of halogens is 1. The van der Waals surface area contributed by atoms with Crippen molar-refractivity contribution in [2.75, 3.05) is 18.4 Å². The molecule has 0 atom stereocenters. The summed E-state index contributed by atoms with van der Waals surface area (Å²) in [5.41, 5.74) is 0.557. The Kier molecular flexibility index (Phi) is 3.99. The van der Waals surface area contributed by atoms with Crippen molar-refractivity contribution in [2.45, 2.75) is 32.4 Å². The summed E-state index contributed by atoms with van der Waals surface area (Å²) in [5, 5.41) is 3.35. The Balaban J connectivity index is 1.79. The van der Waals surface area contributed by atoms with Crippen LogP contribution in [-0.4, -0.2) is 40.7 Å². The molecule has 6 heteroatoms. The van der Waals surface area contributed by atoms with Crippen LogP contribution in [0.2, 0.25) is 0 Å². The van der Waals surface area contributed by atoms with E-state index in [0.717, 1.165) is 10.3 Å². The zero-order valence-corrected chi connectivity index (χ0v) is 12.9. The lowest BCUT2D eigenvalue weighted by Crippen LogP contribution is -2.57. The van der Waals surface area contributed by atoms with Crippen molar-refractivity contribution in [3.05, 3.63) is 22.9 Å². The van der Waals surface area contributed by atoms with Crippen LogP contribution in [0.25, 0.3) is 0 Å². The van der Waals surface area contributed by atoms with Gasteiger partial charge in [0.15, 0.2) is 0 Å². The first kappa shape index (κ1) is 14.1. The van der Waals surface area contributed by atoms with E-state index in [4.69, 9.17) is 4.74 Å². The fourth-order valence-corrected chi connectivity index (χ4v) is 2.14. The molecule has 19 heavy (non-hydrogen) atoms. The van der Waals surface area contributed by atoms with Crippen molar-refractivity contribution < 1.29 is 9.53 Å². The summed E-state index contributed by atoms with van der Waals surface area (Å²) < 4.78 is 6.09. The zero-order chi connectivity index (χ0) is 14.0. The Morgan fingerprint density at radius 1 is 1.53 bits per heavy atom. The van der Waals surface area contributed by atoms with Crippen molar-refractivity contribution in [1.29, 1.82) is 0 Å². The van der Waals surface area contributed by atoms with E-state index in [2.05, 4.69) is 26.2 Å². The first-order valence-electron chi connectivity index (χ1n) is 6.19. The van der Waals surface area contributed by atoms with Crippen molar-refractivity contribution >= 4 is 27.7 Å². The molecule has 0 spiro atoms. The summed E-state index contributed by atoms with van der Waals surface area (Å²) in [5.74, 6) is 0. The number of likely N-dealkylation sites (tertiary alicyclic amines) is 1. The summed E-state index contributed by atoms with van der Waals surface area (Å²) in [4.78, 5) is 17.5. The van der Waals surface area contributed by atoms with E-state index >= 15 is 0 Å². The minimum absolute atomic E-state index is 0.249. The quantitative estimate of drug-likeness (QED) is 0.848. The molecule has 1 amide bonds. The highest BCUT2D eigenvalue weighted by Crippen LogP contribution is 2.19. The first-order valence-corrected chi connectivity index (χ1v) is 6.99. The van der Waals surface area contributed by atoms with E-state index in [0.29, 0.717) is 13.1 Å². The van der Waals surface area contributed by atoms with Crippen LogP contribution >= 0.6 is 15.9 Å². The number of anilines is 1. The maximum Gasteiger partial charge on any atom is 0.410 e. The first-order chi connectivity index (χ1) is 8.83. The molecule has 0 bridgehead atoms. The van der Waals surface area contributed by atoms with Crippen LogP contribution in [0.5, 0.6) is 0 Å². The third-order valence-corrected chi connectivity index (χ3v) is 3.06. The smallest absolute Gasteiger partial charge is 0.410 e.